The maximum absolute atomic E-state index is 12.4. The van der Waals surface area contributed by atoms with E-state index in [0.717, 1.165) is 17.5 Å². The normalized spacial score (nSPS) is 26.4. The Kier molecular flexibility index (Phi) is 16.0. The summed E-state index contributed by atoms with van der Waals surface area (Å²) in [6.07, 6.45) is -9.56. The number of rotatable bonds is 16. The summed E-state index contributed by atoms with van der Waals surface area (Å²) in [5, 5.41) is 80.4. The molecule has 5 aliphatic heterocycles. The highest BCUT2D eigenvalue weighted by molar-refractivity contribution is 7.61. The second-order valence-electron chi connectivity index (χ2n) is 16.3. The number of amides is 1. The van der Waals surface area contributed by atoms with Gasteiger partial charge in [-0.3, -0.25) is 28.2 Å². The highest BCUT2D eigenvalue weighted by atomic mass is 31.3. The number of nitrogens with two attached hydrogens (primary N) is 2. The standard InChI is InChI=1S/C21H29N7O14P2.C17H20N4O6/c22-17-12-19(25-7-24-17)28(8-26-12)21-16(32)14(30)11(41-21)6-39-44(36,37)42-43(34,35)38-5-10-13(29)15(31)20(40-10)27-3-1-2-9(4-27)18(23)33;1-7-3-9-10(4-8(7)2)21(5-11(23)14(25)12(24)6-22)15-13(18-9)16(26)20-17(27)19-15/h1,3-4,7-8,10-11,13-16,20-21,29-32H,2,5-6H2,(H2,23,33)(H,34,35)(H,36,37)(H2,22,24,25);3-4,11-12,14,22-25H,5-6H2,1-2H3,(H,20,26,27)/t10-,11-,13?,14-,15?,16-,20?,21-;/m1./s1. The van der Waals surface area contributed by atoms with Gasteiger partial charge in [0.2, 0.25) is 5.91 Å². The van der Waals surface area contributed by atoms with Gasteiger partial charge in [0, 0.05) is 18.0 Å². The molecule has 33 heteroatoms. The zero-order chi connectivity index (χ0) is 51.9. The number of nitrogens with zero attached hydrogens (tertiary/aromatic N) is 8. The number of phosphoric ester groups is 2. The van der Waals surface area contributed by atoms with E-state index < -0.39 is 120 Å². The van der Waals surface area contributed by atoms with Crippen molar-refractivity contribution in [2.45, 2.75) is 94.2 Å². The maximum Gasteiger partial charge on any atom is 0.481 e. The Morgan fingerprint density at radius 2 is 1.52 bits per heavy atom. The third kappa shape index (κ3) is 11.6. The van der Waals surface area contributed by atoms with Crippen molar-refractivity contribution in [1.29, 1.82) is 0 Å². The first-order valence-electron chi connectivity index (χ1n) is 21.0. The highest BCUT2D eigenvalue weighted by Crippen LogP contribution is 2.61. The molecular weight excluding hydrogens is 992 g/mol. The van der Waals surface area contributed by atoms with E-state index in [0.29, 0.717) is 11.0 Å². The van der Waals surface area contributed by atoms with Gasteiger partial charge in [0.1, 0.15) is 66.8 Å². The Bertz CT molecular complexity index is 3030. The number of hydrogen-bond donors (Lipinski definition) is 13. The van der Waals surface area contributed by atoms with Gasteiger partial charge in [-0.2, -0.15) is 9.29 Å². The molecule has 2 fully saturated rings. The molecule has 5 aliphatic rings. The zero-order valence-corrected chi connectivity index (χ0v) is 38.9. The Labute approximate surface area is 398 Å². The summed E-state index contributed by atoms with van der Waals surface area (Å²) in [6.45, 7) is 0.943. The van der Waals surface area contributed by atoms with Crippen molar-refractivity contribution in [2.75, 3.05) is 25.6 Å². The number of aryl methyl sites for hydroxylation is 2. The molecule has 3 aromatic rings. The van der Waals surface area contributed by atoms with E-state index in [2.05, 4.69) is 34.2 Å². The predicted molar refractivity (Wildman–Crippen MR) is 237 cm³/mol. The van der Waals surface area contributed by atoms with Crippen molar-refractivity contribution in [3.8, 4) is 11.5 Å². The average molecular weight is 1040 g/mol. The van der Waals surface area contributed by atoms with E-state index in [1.54, 1.807) is 18.2 Å². The van der Waals surface area contributed by atoms with Crippen LogP contribution < -0.4 is 22.7 Å². The summed E-state index contributed by atoms with van der Waals surface area (Å²) in [7, 11) is -10.7. The number of phosphoric acid groups is 2. The summed E-state index contributed by atoms with van der Waals surface area (Å²) in [4.78, 5) is 78.6. The molecule has 8 rings (SSSR count). The molecular formula is C38H49N11O20P2. The van der Waals surface area contributed by atoms with Crippen molar-refractivity contribution in [3.05, 3.63) is 80.8 Å². The summed E-state index contributed by atoms with van der Waals surface area (Å²) in [6, 6.07) is 3.53. The SMILES string of the molecule is Cc1cc2nc3c(=O)[nH]c(=O)nc-3n(CC(O)C(O)C(O)CO)c2cc1C.NC(=O)C1=CN(C2O[C@H](COP(=O)(O)OP(=O)(O)OC[C@H]3O[C@@H](n4cnc5c(N)ncnc54)[C@H](O)[C@@H]3O)C(O)C2O)C=CC1. The van der Waals surface area contributed by atoms with Crippen molar-refractivity contribution in [2.24, 2.45) is 5.73 Å². The van der Waals surface area contributed by atoms with E-state index in [1.807, 2.05) is 13.8 Å². The number of imidazole rings is 1. The molecule has 1 amide bonds. The van der Waals surface area contributed by atoms with Crippen molar-refractivity contribution in [1.82, 2.24) is 43.9 Å². The topological polar surface area (TPSA) is 479 Å². The lowest BCUT2D eigenvalue weighted by Gasteiger charge is -2.28. The molecule has 2 saturated heterocycles. The first-order chi connectivity index (χ1) is 33.4. The quantitative estimate of drug-likeness (QED) is 0.0328. The number of ether oxygens (including phenoxy) is 2. The number of carbonyl (C=O) groups excluding carboxylic acids is 1. The number of hydrogen-bond acceptors (Lipinski definition) is 25. The molecule has 7 heterocycles. The summed E-state index contributed by atoms with van der Waals surface area (Å²) >= 11 is 0. The van der Waals surface area contributed by atoms with Crippen LogP contribution in [0.4, 0.5) is 5.82 Å². The number of nitrogens with one attached hydrogen (secondary N) is 1. The van der Waals surface area contributed by atoms with Gasteiger partial charge in [0.15, 0.2) is 35.4 Å². The van der Waals surface area contributed by atoms with Gasteiger partial charge in [-0.15, -0.1) is 0 Å². The van der Waals surface area contributed by atoms with Crippen molar-refractivity contribution < 1.29 is 87.4 Å². The minimum atomic E-state index is -5.37. The third-order valence-corrected chi connectivity index (χ3v) is 14.0. The van der Waals surface area contributed by atoms with Crippen LogP contribution in [-0.2, 0) is 43.3 Å². The number of primary amides is 1. The van der Waals surface area contributed by atoms with Crippen LogP contribution in [0.5, 0.6) is 0 Å². The first-order valence-corrected chi connectivity index (χ1v) is 24.0. The van der Waals surface area contributed by atoms with Crippen LogP contribution in [0.1, 0.15) is 23.8 Å². The van der Waals surface area contributed by atoms with E-state index in [1.165, 1.54) is 32.8 Å². The van der Waals surface area contributed by atoms with E-state index in [-0.39, 0.29) is 47.0 Å². The molecule has 13 atom stereocenters. The number of carbonyl (C=O) groups is 1. The van der Waals surface area contributed by atoms with Crippen LogP contribution >= 0.6 is 15.6 Å². The molecule has 0 bridgehead atoms. The van der Waals surface area contributed by atoms with Crippen LogP contribution in [0.3, 0.4) is 0 Å². The van der Waals surface area contributed by atoms with E-state index >= 15 is 0 Å². The summed E-state index contributed by atoms with van der Waals surface area (Å²) in [5.41, 5.74) is 12.7. The summed E-state index contributed by atoms with van der Waals surface area (Å²) < 4.78 is 52.2. The lowest BCUT2D eigenvalue weighted by molar-refractivity contribution is -0.115. The molecule has 0 aliphatic carbocycles. The monoisotopic (exact) mass is 1040 g/mol. The second kappa shape index (κ2) is 21.3. The predicted octanol–water partition coefficient (Wildman–Crippen LogP) is -4.41. The van der Waals surface area contributed by atoms with E-state index in [4.69, 9.17) is 35.1 Å². The minimum absolute atomic E-state index is 0.0516. The highest BCUT2D eigenvalue weighted by Gasteiger charge is 2.48. The molecule has 2 aromatic heterocycles. The first kappa shape index (κ1) is 53.3. The second-order valence-corrected chi connectivity index (χ2v) is 19.4. The zero-order valence-electron chi connectivity index (χ0n) is 37.1. The van der Waals surface area contributed by atoms with Gasteiger partial charge in [-0.25, -0.2) is 33.9 Å². The Balaban J connectivity index is 0.000000235. The fourth-order valence-corrected chi connectivity index (χ4v) is 9.66. The van der Waals surface area contributed by atoms with Crippen LogP contribution in [0.25, 0.3) is 33.7 Å². The molecule has 1 aromatic carbocycles. The lowest BCUT2D eigenvalue weighted by Crippen LogP contribution is -2.42. The summed E-state index contributed by atoms with van der Waals surface area (Å²) in [5.74, 6) is -0.709. The average Bonchev–Trinajstić information content (AvgIpc) is 3.97. The number of benzene rings is 1. The fraction of sp³-hybridized carbons (Fsp3) is 0.474. The molecule has 15 N–H and O–H groups in total. The number of aliphatic hydroxyl groups is 8. The number of fused-ring (bicyclic) bond motifs is 3. The molecule has 0 saturated carbocycles. The number of aliphatic hydroxyl groups excluding tert-OH is 8. The number of aromatic amines is 1. The Morgan fingerprint density at radius 1 is 0.901 bits per heavy atom. The Morgan fingerprint density at radius 3 is 2.15 bits per heavy atom. The number of aromatic nitrogens is 8. The van der Waals surface area contributed by atoms with Gasteiger partial charge in [0.25, 0.3) is 5.56 Å². The van der Waals surface area contributed by atoms with Crippen LogP contribution in [0.2, 0.25) is 0 Å². The van der Waals surface area contributed by atoms with Gasteiger partial charge < -0.3 is 81.0 Å². The van der Waals surface area contributed by atoms with Gasteiger partial charge in [-0.05, 0) is 43.5 Å². The smallest absolute Gasteiger partial charge is 0.394 e. The van der Waals surface area contributed by atoms with Crippen LogP contribution in [0.15, 0.2) is 58.4 Å². The molecule has 0 spiro atoms. The number of allylic oxidation sites excluding steroid dienone is 1. The molecule has 71 heavy (non-hydrogen) atoms. The molecule has 8 unspecified atom stereocenters. The fourth-order valence-electron chi connectivity index (χ4n) is 7.57. The van der Waals surface area contributed by atoms with Crippen molar-refractivity contribution >= 4 is 49.6 Å². The number of anilines is 1. The van der Waals surface area contributed by atoms with Crippen LogP contribution in [-0.4, -0.2) is 181 Å². The number of H-pyrrole nitrogens is 1. The largest absolute Gasteiger partial charge is 0.481 e. The molecule has 0 radical (unpaired) electrons. The maximum atomic E-state index is 12.4. The molecule has 386 valence electrons. The van der Waals surface area contributed by atoms with Crippen molar-refractivity contribution in [3.63, 3.8) is 0 Å². The van der Waals surface area contributed by atoms with Gasteiger partial charge >= 0.3 is 21.3 Å². The Hall–Kier alpha value is -5.54. The van der Waals surface area contributed by atoms with E-state index in [9.17, 15) is 69.0 Å². The van der Waals surface area contributed by atoms with Gasteiger partial charge in [-0.1, -0.05) is 6.08 Å². The third-order valence-electron chi connectivity index (χ3n) is 11.4. The lowest BCUT2D eigenvalue weighted by atomic mass is 10.1. The van der Waals surface area contributed by atoms with Crippen LogP contribution in [0, 0.1) is 13.8 Å². The number of nitrogen functional groups attached to an aromatic ring is 1. The minimum Gasteiger partial charge on any atom is -0.394 e. The molecule has 31 nitrogen and oxygen atoms in total. The van der Waals surface area contributed by atoms with Gasteiger partial charge in [0.05, 0.1) is 43.7 Å².